The number of nitrogens with two attached hydrogens (primary N) is 3. The van der Waals surface area contributed by atoms with E-state index < -0.39 is 30.1 Å². The van der Waals surface area contributed by atoms with Gasteiger partial charge in [-0.15, -0.1) is 11.6 Å². The molecular formula is C27H36ClN3O8. The van der Waals surface area contributed by atoms with Crippen molar-refractivity contribution in [2.24, 2.45) is 17.2 Å². The second-order valence-corrected chi connectivity index (χ2v) is 9.28. The van der Waals surface area contributed by atoms with Gasteiger partial charge in [0.1, 0.15) is 37.4 Å². The summed E-state index contributed by atoms with van der Waals surface area (Å²) in [5, 5.41) is 0. The molecule has 0 spiro atoms. The molecule has 0 radical (unpaired) electrons. The fraction of sp³-hybridized carbons (Fsp3) is 0.444. The average Bonchev–Trinajstić information content (AvgIpc) is 2.96. The molecule has 0 aromatic heterocycles. The summed E-state index contributed by atoms with van der Waals surface area (Å²) >= 11 is 5.84. The lowest BCUT2D eigenvalue weighted by molar-refractivity contribution is -0.158. The maximum atomic E-state index is 11.6. The normalized spacial score (nSPS) is 12.7. The van der Waals surface area contributed by atoms with Gasteiger partial charge in [-0.1, -0.05) is 38.1 Å². The van der Waals surface area contributed by atoms with Gasteiger partial charge in [-0.2, -0.15) is 0 Å². The molecule has 214 valence electrons. The number of halogens is 1. The smallest absolute Gasteiger partial charge is 0.320 e. The maximum absolute atomic E-state index is 11.6. The van der Waals surface area contributed by atoms with Crippen LogP contribution in [0.2, 0.25) is 0 Å². The Bertz CT molecular complexity index is 1060. The maximum Gasteiger partial charge on any atom is 0.320 e. The second-order valence-electron chi connectivity index (χ2n) is 8.97. The lowest BCUT2D eigenvalue weighted by Gasteiger charge is -2.27. The first-order valence-electron chi connectivity index (χ1n) is 12.3. The average molecular weight is 566 g/mol. The van der Waals surface area contributed by atoms with E-state index >= 15 is 0 Å². The summed E-state index contributed by atoms with van der Waals surface area (Å²) in [7, 11) is 0. The third kappa shape index (κ3) is 10.4. The summed E-state index contributed by atoms with van der Waals surface area (Å²) in [6.07, 6.45) is -1.43. The number of carbonyl (C=O) groups is 3. The lowest BCUT2D eigenvalue weighted by Crippen LogP contribution is -2.34. The molecule has 0 aliphatic heterocycles. The largest absolute Gasteiger partial charge is 0.490 e. The van der Waals surface area contributed by atoms with Crippen molar-refractivity contribution >= 4 is 29.5 Å². The quantitative estimate of drug-likeness (QED) is 0.152. The number of carbonyl (C=O) groups excluding carboxylic acids is 3. The van der Waals surface area contributed by atoms with Crippen molar-refractivity contribution in [1.29, 1.82) is 0 Å². The van der Waals surface area contributed by atoms with Crippen LogP contribution >= 0.6 is 11.6 Å². The minimum Gasteiger partial charge on any atom is -0.490 e. The van der Waals surface area contributed by atoms with Gasteiger partial charge in [-0.25, -0.2) is 0 Å². The molecule has 6 N–H and O–H groups in total. The molecular weight excluding hydrogens is 530 g/mol. The van der Waals surface area contributed by atoms with Gasteiger partial charge in [0.15, 0.2) is 6.10 Å². The SMILES string of the molecule is CC(C)(c1ccc(OCC(CCl)OC(=O)CN)cc1)c1ccc(OCC(COC(=O)CN)OC(=O)CN)cc1. The fourth-order valence-corrected chi connectivity index (χ4v) is 3.57. The van der Waals surface area contributed by atoms with E-state index in [0.29, 0.717) is 11.5 Å². The van der Waals surface area contributed by atoms with Crippen molar-refractivity contribution in [3.63, 3.8) is 0 Å². The van der Waals surface area contributed by atoms with Gasteiger partial charge in [0.25, 0.3) is 0 Å². The van der Waals surface area contributed by atoms with Gasteiger partial charge < -0.3 is 40.9 Å². The van der Waals surface area contributed by atoms with Crippen LogP contribution in [0.1, 0.15) is 25.0 Å². The molecule has 2 rings (SSSR count). The molecule has 39 heavy (non-hydrogen) atoms. The molecule has 0 aliphatic carbocycles. The van der Waals surface area contributed by atoms with Crippen LogP contribution in [0.5, 0.6) is 11.5 Å². The molecule has 0 aliphatic rings. The summed E-state index contributed by atoms with van der Waals surface area (Å²) in [4.78, 5) is 34.3. The Morgan fingerprint density at radius 3 is 1.51 bits per heavy atom. The van der Waals surface area contributed by atoms with Crippen LogP contribution in [0.4, 0.5) is 0 Å². The molecule has 0 bridgehead atoms. The van der Waals surface area contributed by atoms with Gasteiger partial charge in [0.2, 0.25) is 0 Å². The predicted octanol–water partition coefficient (Wildman–Crippen LogP) is 1.25. The Morgan fingerprint density at radius 2 is 1.10 bits per heavy atom. The summed E-state index contributed by atoms with van der Waals surface area (Å²) in [5.74, 6) is -0.559. The third-order valence-electron chi connectivity index (χ3n) is 5.72. The Balaban J connectivity index is 1.99. The van der Waals surface area contributed by atoms with E-state index in [4.69, 9.17) is 52.5 Å². The minimum absolute atomic E-state index is 0.0379. The van der Waals surface area contributed by atoms with E-state index in [0.717, 1.165) is 11.1 Å². The van der Waals surface area contributed by atoms with E-state index in [9.17, 15) is 14.4 Å². The number of benzene rings is 2. The molecule has 2 atom stereocenters. The lowest BCUT2D eigenvalue weighted by atomic mass is 9.78. The van der Waals surface area contributed by atoms with E-state index in [1.54, 1.807) is 12.1 Å². The molecule has 2 unspecified atom stereocenters. The highest BCUT2D eigenvalue weighted by molar-refractivity contribution is 6.18. The van der Waals surface area contributed by atoms with Crippen LogP contribution in [-0.2, 0) is 34.0 Å². The van der Waals surface area contributed by atoms with E-state index in [-0.39, 0.29) is 50.7 Å². The van der Waals surface area contributed by atoms with Gasteiger partial charge in [-0.3, -0.25) is 14.4 Å². The minimum atomic E-state index is -0.833. The van der Waals surface area contributed by atoms with Crippen molar-refractivity contribution in [3.05, 3.63) is 59.7 Å². The van der Waals surface area contributed by atoms with Crippen molar-refractivity contribution in [3.8, 4) is 11.5 Å². The van der Waals surface area contributed by atoms with Crippen molar-refractivity contribution in [2.45, 2.75) is 31.5 Å². The number of esters is 3. The van der Waals surface area contributed by atoms with Gasteiger partial charge in [0.05, 0.1) is 25.5 Å². The highest BCUT2D eigenvalue weighted by Crippen LogP contribution is 2.33. The molecule has 11 nitrogen and oxygen atoms in total. The molecule has 0 amide bonds. The van der Waals surface area contributed by atoms with E-state index in [2.05, 4.69) is 13.8 Å². The molecule has 2 aromatic carbocycles. The topological polar surface area (TPSA) is 175 Å². The van der Waals surface area contributed by atoms with Gasteiger partial charge in [0, 0.05) is 5.41 Å². The molecule has 2 aromatic rings. The zero-order chi connectivity index (χ0) is 28.8. The number of rotatable bonds is 16. The monoisotopic (exact) mass is 565 g/mol. The molecule has 0 fully saturated rings. The summed E-state index contributed by atoms with van der Waals surface area (Å²) in [5.41, 5.74) is 17.5. The Morgan fingerprint density at radius 1 is 0.692 bits per heavy atom. The Labute approximate surface area is 232 Å². The van der Waals surface area contributed by atoms with Gasteiger partial charge in [-0.05, 0) is 35.4 Å². The molecule has 0 saturated carbocycles. The zero-order valence-corrected chi connectivity index (χ0v) is 22.9. The van der Waals surface area contributed by atoms with Crippen molar-refractivity contribution in [2.75, 3.05) is 45.3 Å². The van der Waals surface area contributed by atoms with Gasteiger partial charge >= 0.3 is 17.9 Å². The fourth-order valence-electron chi connectivity index (χ4n) is 3.42. The molecule has 0 saturated heterocycles. The highest BCUT2D eigenvalue weighted by Gasteiger charge is 2.24. The van der Waals surface area contributed by atoms with Crippen molar-refractivity contribution < 1.29 is 38.1 Å². The summed E-state index contributed by atoms with van der Waals surface area (Å²) < 4.78 is 26.7. The predicted molar refractivity (Wildman–Crippen MR) is 145 cm³/mol. The summed E-state index contributed by atoms with van der Waals surface area (Å²) in [6.45, 7) is 3.23. The standard InChI is InChI=1S/C27H36ClN3O8/c1-27(2,18-3-7-20(8-4-18)35-15-22(11-28)38-25(33)13-30)19-5-9-21(10-6-19)36-16-23(39-26(34)14-31)17-37-24(32)12-29/h3-10,22-23H,11-17,29-31H2,1-2H3. The third-order valence-corrected chi connectivity index (χ3v) is 6.07. The number of hydrogen-bond donors (Lipinski definition) is 3. The van der Waals surface area contributed by atoms with Crippen LogP contribution < -0.4 is 26.7 Å². The van der Waals surface area contributed by atoms with E-state index in [1.165, 1.54) is 0 Å². The van der Waals surface area contributed by atoms with Crippen LogP contribution in [0.15, 0.2) is 48.5 Å². The molecule has 0 heterocycles. The van der Waals surface area contributed by atoms with E-state index in [1.807, 2.05) is 36.4 Å². The highest BCUT2D eigenvalue weighted by atomic mass is 35.5. The van der Waals surface area contributed by atoms with Crippen LogP contribution in [0.25, 0.3) is 0 Å². The Hall–Kier alpha value is -3.38. The zero-order valence-electron chi connectivity index (χ0n) is 22.1. The second kappa shape index (κ2) is 15.9. The van der Waals surface area contributed by atoms with Crippen LogP contribution in [-0.4, -0.2) is 75.5 Å². The first-order valence-corrected chi connectivity index (χ1v) is 12.8. The number of alkyl halides is 1. The number of ether oxygens (including phenoxy) is 5. The van der Waals surface area contributed by atoms with Crippen molar-refractivity contribution in [1.82, 2.24) is 0 Å². The van der Waals surface area contributed by atoms with Crippen LogP contribution in [0.3, 0.4) is 0 Å². The first kappa shape index (κ1) is 31.8. The summed E-state index contributed by atoms with van der Waals surface area (Å²) in [6, 6.07) is 15.1. The molecule has 12 heteroatoms. The Kier molecular flexibility index (Phi) is 13.0. The number of hydrogen-bond acceptors (Lipinski definition) is 11. The van der Waals surface area contributed by atoms with Crippen LogP contribution in [0, 0.1) is 0 Å². The first-order chi connectivity index (χ1) is 18.6.